The predicted molar refractivity (Wildman–Crippen MR) is 10.4 cm³/mol. The van der Waals surface area contributed by atoms with Crippen LogP contribution in [0.2, 0.25) is 0 Å². The highest BCUT2D eigenvalue weighted by Gasteiger charge is 1.45. The second kappa shape index (κ2) is 3.13. The predicted octanol–water partition coefficient (Wildman–Crippen LogP) is -3.24. The van der Waals surface area contributed by atoms with Crippen LogP contribution in [0.3, 0.4) is 0 Å². The van der Waals surface area contributed by atoms with Crippen molar-refractivity contribution in [2.45, 2.75) is 0 Å². The molecule has 0 rings (SSSR count). The summed E-state index contributed by atoms with van der Waals surface area (Å²) in [5.74, 6) is 0. The summed E-state index contributed by atoms with van der Waals surface area (Å²) < 4.78 is 0. The maximum atomic E-state index is 8.25. The van der Waals surface area contributed by atoms with Crippen LogP contribution in [0, 0.1) is 15.3 Å². The molecule has 32 valence electrons. The zero-order valence-corrected chi connectivity index (χ0v) is 2.05. The fraction of sp³-hybridized carbons (Fsp3) is 0. The molecule has 0 aliphatic carbocycles. The Morgan fingerprint density at radius 2 is 1.40 bits per heavy atom. The zero-order valence-electron chi connectivity index (χ0n) is 2.05. The molecule has 0 bridgehead atoms. The minimum atomic E-state index is -1.75. The Morgan fingerprint density at radius 3 is 1.40 bits per heavy atom. The standard InChI is InChI=1S/FH.NO3/c;2-1(3)4/h1H;/q;-1/p-1. The molecule has 0 aromatic heterocycles. The summed E-state index contributed by atoms with van der Waals surface area (Å²) in [6, 6.07) is 0. The Labute approximate surface area is 26.5 Å². The van der Waals surface area contributed by atoms with E-state index in [1.807, 2.05) is 0 Å². The first-order chi connectivity index (χ1) is 1.73. The fourth-order valence-electron chi connectivity index (χ4n) is 0. The van der Waals surface area contributed by atoms with E-state index in [9.17, 15) is 0 Å². The third kappa shape index (κ3) is 5.28. The van der Waals surface area contributed by atoms with Crippen molar-refractivity contribution in [3.63, 3.8) is 0 Å². The molecule has 0 unspecified atom stereocenters. The van der Waals surface area contributed by atoms with Gasteiger partial charge < -0.3 is 20.0 Å². The highest BCUT2D eigenvalue weighted by Crippen LogP contribution is 1.44. The highest BCUT2D eigenvalue weighted by atomic mass is 19.0. The molecule has 0 spiro atoms. The lowest BCUT2D eigenvalue weighted by molar-refractivity contribution is -0.402. The van der Waals surface area contributed by atoms with Crippen LogP contribution >= 0.6 is 0 Å². The molecule has 0 amide bonds. The van der Waals surface area contributed by atoms with Crippen LogP contribution in [0.1, 0.15) is 0 Å². The summed E-state index contributed by atoms with van der Waals surface area (Å²) in [6.07, 6.45) is 0. The molecule has 0 fully saturated rings. The van der Waals surface area contributed by atoms with Crippen LogP contribution in [0.5, 0.6) is 0 Å². The molecule has 0 heterocycles. The van der Waals surface area contributed by atoms with Crippen molar-refractivity contribution >= 4 is 0 Å². The number of nitrogens with zero attached hydrogens (tertiary/aromatic N) is 1. The van der Waals surface area contributed by atoms with E-state index in [4.69, 9.17) is 15.3 Å². The summed E-state index contributed by atoms with van der Waals surface area (Å²) in [4.78, 5) is 8.25. The molecule has 0 radical (unpaired) electrons. The van der Waals surface area contributed by atoms with Gasteiger partial charge in [0.15, 0.2) is 0 Å². The Balaban J connectivity index is 0. The van der Waals surface area contributed by atoms with Crippen molar-refractivity contribution in [3.05, 3.63) is 15.3 Å². The number of hydrogen-bond acceptors (Lipinski definition) is 3. The van der Waals surface area contributed by atoms with Gasteiger partial charge in [0, 0.05) is 0 Å². The molecule has 5 heavy (non-hydrogen) atoms. The van der Waals surface area contributed by atoms with Crippen LogP contribution in [0.4, 0.5) is 0 Å². The SMILES string of the molecule is O=[N+]([O-])[O-].[F-]. The topological polar surface area (TPSA) is 66.2 Å². The summed E-state index contributed by atoms with van der Waals surface area (Å²) in [6.45, 7) is 0. The van der Waals surface area contributed by atoms with Gasteiger partial charge in [-0.3, -0.25) is 0 Å². The van der Waals surface area contributed by atoms with Crippen molar-refractivity contribution in [2.24, 2.45) is 0 Å². The maximum absolute atomic E-state index is 8.25. The summed E-state index contributed by atoms with van der Waals surface area (Å²) in [7, 11) is 0. The average Bonchev–Trinajstić information content (AvgIpc) is 0.811. The lowest BCUT2D eigenvalue weighted by atomic mass is 13.1. The van der Waals surface area contributed by atoms with Crippen molar-refractivity contribution in [2.75, 3.05) is 0 Å². The molecule has 0 aromatic rings. The maximum Gasteiger partial charge on any atom is 0.0689 e. The first kappa shape index (κ1) is 8.92. The number of halogens is 1. The summed E-state index contributed by atoms with van der Waals surface area (Å²) in [5, 5.41) is 14.8. The molecule has 0 saturated heterocycles. The van der Waals surface area contributed by atoms with E-state index in [0.29, 0.717) is 0 Å². The van der Waals surface area contributed by atoms with E-state index >= 15 is 0 Å². The minimum absolute atomic E-state index is 0. The Hall–Kier alpha value is -0.870. The monoisotopic (exact) mass is 81.0 g/mol. The van der Waals surface area contributed by atoms with E-state index in [1.165, 1.54) is 0 Å². The molecule has 0 atom stereocenters. The smallest absolute Gasteiger partial charge is 0.0689 e. The van der Waals surface area contributed by atoms with Crippen molar-refractivity contribution in [1.82, 2.24) is 0 Å². The Bertz CT molecular complexity index is 29.9. The molecule has 4 nitrogen and oxygen atoms in total. The molecule has 0 N–H and O–H groups in total. The van der Waals surface area contributed by atoms with Crippen molar-refractivity contribution < 1.29 is 9.79 Å². The normalized spacial score (nSPS) is 4.80. The van der Waals surface area contributed by atoms with E-state index in [2.05, 4.69) is 0 Å². The molecular weight excluding hydrogens is 81.0 g/mol. The van der Waals surface area contributed by atoms with Crippen molar-refractivity contribution in [3.8, 4) is 0 Å². The highest BCUT2D eigenvalue weighted by molar-refractivity contribution is 4.03. The third-order valence-corrected chi connectivity index (χ3v) is 0. The van der Waals surface area contributed by atoms with Crippen LogP contribution < -0.4 is 4.70 Å². The first-order valence-corrected chi connectivity index (χ1v) is 0.548. The van der Waals surface area contributed by atoms with E-state index in [0.717, 1.165) is 0 Å². The Morgan fingerprint density at radius 1 is 1.40 bits per heavy atom. The van der Waals surface area contributed by atoms with Gasteiger partial charge in [-0.1, -0.05) is 0 Å². The number of hydrogen-bond donors (Lipinski definition) is 0. The molecule has 0 aliphatic heterocycles. The average molecular weight is 81.0 g/mol. The van der Waals surface area contributed by atoms with Crippen molar-refractivity contribution in [1.29, 1.82) is 0 Å². The Kier molecular flexibility index (Phi) is 5.58. The van der Waals surface area contributed by atoms with Gasteiger partial charge in [-0.05, 0) is 0 Å². The van der Waals surface area contributed by atoms with Gasteiger partial charge in [0.05, 0.1) is 5.09 Å². The second-order valence-electron chi connectivity index (χ2n) is 0.224. The van der Waals surface area contributed by atoms with Crippen LogP contribution in [-0.4, -0.2) is 5.09 Å². The molecule has 0 saturated carbocycles. The van der Waals surface area contributed by atoms with E-state index in [-0.39, 0.29) is 4.70 Å². The van der Waals surface area contributed by atoms with Crippen LogP contribution in [0.25, 0.3) is 0 Å². The summed E-state index contributed by atoms with van der Waals surface area (Å²) in [5.41, 5.74) is 0. The van der Waals surface area contributed by atoms with E-state index < -0.39 is 5.09 Å². The quantitative estimate of drug-likeness (QED) is 0.227. The minimum Gasteiger partial charge on any atom is -1.00 e. The molecular formula is FNO3-2. The largest absolute Gasteiger partial charge is 1.00 e. The van der Waals surface area contributed by atoms with Gasteiger partial charge in [0.2, 0.25) is 0 Å². The lowest BCUT2D eigenvalue weighted by Crippen LogP contribution is -3.00. The second-order valence-corrected chi connectivity index (χ2v) is 0.224. The molecule has 0 aliphatic rings. The molecule has 5 heteroatoms. The van der Waals surface area contributed by atoms with Gasteiger partial charge in [-0.25, -0.2) is 0 Å². The molecule has 0 aromatic carbocycles. The van der Waals surface area contributed by atoms with E-state index in [1.54, 1.807) is 0 Å². The van der Waals surface area contributed by atoms with Crippen LogP contribution in [0.15, 0.2) is 0 Å². The van der Waals surface area contributed by atoms with Gasteiger partial charge in [-0.2, -0.15) is 0 Å². The first-order valence-electron chi connectivity index (χ1n) is 0.548. The summed E-state index contributed by atoms with van der Waals surface area (Å²) >= 11 is 0. The van der Waals surface area contributed by atoms with Gasteiger partial charge in [0.25, 0.3) is 0 Å². The number of rotatable bonds is 0. The zero-order chi connectivity index (χ0) is 3.58. The lowest BCUT2D eigenvalue weighted by Gasteiger charge is -1.74. The van der Waals surface area contributed by atoms with Crippen LogP contribution in [-0.2, 0) is 0 Å². The third-order valence-electron chi connectivity index (χ3n) is 0. The van der Waals surface area contributed by atoms with Gasteiger partial charge in [0.1, 0.15) is 0 Å². The fourth-order valence-corrected chi connectivity index (χ4v) is 0. The van der Waals surface area contributed by atoms with Gasteiger partial charge in [-0.15, -0.1) is 0 Å². The van der Waals surface area contributed by atoms with Gasteiger partial charge >= 0.3 is 0 Å².